The average molecular weight is 486 g/mol. The Hall–Kier alpha value is -3.52. The summed E-state index contributed by atoms with van der Waals surface area (Å²) in [6.07, 6.45) is 5.36. The van der Waals surface area contributed by atoms with Crippen molar-refractivity contribution in [3.8, 4) is 11.3 Å². The van der Waals surface area contributed by atoms with Crippen molar-refractivity contribution in [2.45, 2.75) is 38.6 Å². The normalized spacial score (nSPS) is 15.9. The molecule has 2 aromatic carbocycles. The molecule has 0 radical (unpaired) electrons. The van der Waals surface area contributed by atoms with Crippen LogP contribution in [0.4, 0.5) is 10.8 Å². The van der Waals surface area contributed by atoms with Crippen LogP contribution in [0, 0.1) is 0 Å². The number of thiazole rings is 1. The molecule has 0 spiro atoms. The topological polar surface area (TPSA) is 71.3 Å². The van der Waals surface area contributed by atoms with Gasteiger partial charge in [0.05, 0.1) is 4.70 Å². The molecule has 4 aromatic rings. The van der Waals surface area contributed by atoms with E-state index in [0.29, 0.717) is 17.8 Å². The molecule has 4 heterocycles. The lowest BCUT2D eigenvalue weighted by molar-refractivity contribution is -0.119. The first kappa shape index (κ1) is 22.0. The van der Waals surface area contributed by atoms with E-state index in [-0.39, 0.29) is 18.0 Å². The number of carbonyl (C=O) groups is 1. The van der Waals surface area contributed by atoms with Gasteiger partial charge in [0.25, 0.3) is 5.56 Å². The van der Waals surface area contributed by atoms with Crippen molar-refractivity contribution in [2.24, 2.45) is 0 Å². The summed E-state index contributed by atoms with van der Waals surface area (Å²) in [7, 11) is 0. The molecule has 178 valence electrons. The highest BCUT2D eigenvalue weighted by Crippen LogP contribution is 2.35. The minimum absolute atomic E-state index is 0.112. The number of aryl methyl sites for hydroxylation is 1. The second kappa shape index (κ2) is 9.26. The first-order valence-electron chi connectivity index (χ1n) is 12.3. The molecule has 0 aliphatic carbocycles. The molecule has 7 nitrogen and oxygen atoms in total. The van der Waals surface area contributed by atoms with E-state index in [1.807, 2.05) is 48.5 Å². The zero-order valence-electron chi connectivity index (χ0n) is 19.5. The van der Waals surface area contributed by atoms with Gasteiger partial charge in [-0.3, -0.25) is 9.59 Å². The SMILES string of the molecule is O=C(Cn1nc(-c2ccccc2)c2sc(N3CCCCC3)nc2c1=O)N1CCCc2ccccc21. The van der Waals surface area contributed by atoms with Crippen molar-refractivity contribution in [1.29, 1.82) is 0 Å². The smallest absolute Gasteiger partial charge is 0.294 e. The Bertz CT molecular complexity index is 1440. The van der Waals surface area contributed by atoms with Gasteiger partial charge < -0.3 is 9.80 Å². The molecule has 0 saturated carbocycles. The Labute approximate surface area is 207 Å². The summed E-state index contributed by atoms with van der Waals surface area (Å²) in [5.41, 5.74) is 3.80. The lowest BCUT2D eigenvalue weighted by atomic mass is 10.0. The van der Waals surface area contributed by atoms with E-state index in [4.69, 9.17) is 10.1 Å². The molecule has 0 bridgehead atoms. The standard InChI is InChI=1S/C27H27N5O2S/c33-22(31-17-9-13-19-10-5-6-14-21(19)31)18-32-26(34)24-25(23(29-32)20-11-3-1-4-12-20)35-27(28-24)30-15-7-2-8-16-30/h1,3-6,10-12,14H,2,7-9,13,15-18H2. The van der Waals surface area contributed by atoms with E-state index < -0.39 is 0 Å². The Kier molecular flexibility index (Phi) is 5.82. The van der Waals surface area contributed by atoms with Gasteiger partial charge in [0.1, 0.15) is 12.2 Å². The van der Waals surface area contributed by atoms with Crippen LogP contribution in [0.2, 0.25) is 0 Å². The summed E-state index contributed by atoms with van der Waals surface area (Å²) in [6, 6.07) is 17.8. The molecule has 0 unspecified atom stereocenters. The number of benzene rings is 2. The van der Waals surface area contributed by atoms with Crippen LogP contribution in [0.25, 0.3) is 21.5 Å². The number of hydrogen-bond donors (Lipinski definition) is 0. The molecular formula is C27H27N5O2S. The van der Waals surface area contributed by atoms with E-state index in [0.717, 1.165) is 59.9 Å². The summed E-state index contributed by atoms with van der Waals surface area (Å²) < 4.78 is 2.10. The van der Waals surface area contributed by atoms with E-state index in [9.17, 15) is 9.59 Å². The molecular weight excluding hydrogens is 458 g/mol. The average Bonchev–Trinajstić information content (AvgIpc) is 3.37. The molecule has 6 rings (SSSR count). The minimum Gasteiger partial charge on any atom is -0.348 e. The molecule has 2 aliphatic heterocycles. The molecule has 1 amide bonds. The zero-order valence-corrected chi connectivity index (χ0v) is 20.3. The molecule has 0 N–H and O–H groups in total. The van der Waals surface area contributed by atoms with Crippen LogP contribution < -0.4 is 15.4 Å². The van der Waals surface area contributed by atoms with E-state index in [1.165, 1.54) is 28.0 Å². The predicted molar refractivity (Wildman–Crippen MR) is 140 cm³/mol. The predicted octanol–water partition coefficient (Wildman–Crippen LogP) is 4.49. The fourth-order valence-electron chi connectivity index (χ4n) is 5.07. The maximum Gasteiger partial charge on any atom is 0.294 e. The van der Waals surface area contributed by atoms with Crippen molar-refractivity contribution in [3.05, 3.63) is 70.5 Å². The van der Waals surface area contributed by atoms with Crippen LogP contribution in [0.1, 0.15) is 31.2 Å². The number of piperidine rings is 1. The van der Waals surface area contributed by atoms with E-state index >= 15 is 0 Å². The number of aromatic nitrogens is 3. The summed E-state index contributed by atoms with van der Waals surface area (Å²) >= 11 is 1.53. The Morgan fingerprint density at radius 1 is 0.914 bits per heavy atom. The summed E-state index contributed by atoms with van der Waals surface area (Å²) in [4.78, 5) is 35.8. The highest BCUT2D eigenvalue weighted by Gasteiger charge is 2.25. The highest BCUT2D eigenvalue weighted by atomic mass is 32.1. The first-order valence-corrected chi connectivity index (χ1v) is 13.1. The third-order valence-electron chi connectivity index (χ3n) is 6.86. The number of hydrogen-bond acceptors (Lipinski definition) is 6. The molecule has 1 fully saturated rings. The van der Waals surface area contributed by atoms with Gasteiger partial charge in [-0.25, -0.2) is 9.67 Å². The Balaban J connectivity index is 1.42. The van der Waals surface area contributed by atoms with Crippen LogP contribution in [0.3, 0.4) is 0 Å². The molecule has 1 saturated heterocycles. The quantitative estimate of drug-likeness (QED) is 0.426. The van der Waals surface area contributed by atoms with E-state index in [1.54, 1.807) is 4.90 Å². The number of amides is 1. The lowest BCUT2D eigenvalue weighted by Gasteiger charge is -2.29. The van der Waals surface area contributed by atoms with Gasteiger partial charge in [-0.05, 0) is 43.7 Å². The summed E-state index contributed by atoms with van der Waals surface area (Å²) in [6.45, 7) is 2.44. The molecule has 8 heteroatoms. The van der Waals surface area contributed by atoms with Crippen LogP contribution in [0.5, 0.6) is 0 Å². The van der Waals surface area contributed by atoms with Gasteiger partial charge in [0.15, 0.2) is 10.6 Å². The molecule has 2 aliphatic rings. The van der Waals surface area contributed by atoms with Crippen molar-refractivity contribution < 1.29 is 4.79 Å². The van der Waals surface area contributed by atoms with E-state index in [2.05, 4.69) is 11.0 Å². The Morgan fingerprint density at radius 3 is 2.51 bits per heavy atom. The minimum atomic E-state index is -0.308. The summed E-state index contributed by atoms with van der Waals surface area (Å²) in [5.74, 6) is -0.128. The molecule has 35 heavy (non-hydrogen) atoms. The fraction of sp³-hybridized carbons (Fsp3) is 0.333. The second-order valence-electron chi connectivity index (χ2n) is 9.18. The van der Waals surface area contributed by atoms with Crippen molar-refractivity contribution >= 4 is 38.3 Å². The van der Waals surface area contributed by atoms with Gasteiger partial charge >= 0.3 is 0 Å². The van der Waals surface area contributed by atoms with Gasteiger partial charge in [0, 0.05) is 30.9 Å². The number of anilines is 2. The highest BCUT2D eigenvalue weighted by molar-refractivity contribution is 7.22. The maximum atomic E-state index is 13.5. The van der Waals surface area contributed by atoms with Crippen molar-refractivity contribution in [2.75, 3.05) is 29.4 Å². The number of rotatable bonds is 4. The number of carbonyl (C=O) groups excluding carboxylic acids is 1. The Morgan fingerprint density at radius 2 is 1.69 bits per heavy atom. The van der Waals surface area contributed by atoms with Gasteiger partial charge in [-0.15, -0.1) is 0 Å². The zero-order chi connectivity index (χ0) is 23.8. The second-order valence-corrected chi connectivity index (χ2v) is 10.2. The third kappa shape index (κ3) is 4.12. The van der Waals surface area contributed by atoms with Crippen LogP contribution in [-0.2, 0) is 17.8 Å². The van der Waals surface area contributed by atoms with Crippen molar-refractivity contribution in [1.82, 2.24) is 14.8 Å². The number of para-hydroxylation sites is 1. The summed E-state index contributed by atoms with van der Waals surface area (Å²) in [5, 5.41) is 5.59. The molecule has 0 atom stereocenters. The largest absolute Gasteiger partial charge is 0.348 e. The van der Waals surface area contributed by atoms with Crippen molar-refractivity contribution in [3.63, 3.8) is 0 Å². The fourth-order valence-corrected chi connectivity index (χ4v) is 6.18. The lowest BCUT2D eigenvalue weighted by Crippen LogP contribution is -2.40. The maximum absolute atomic E-state index is 13.5. The van der Waals surface area contributed by atoms with Gasteiger partial charge in [-0.1, -0.05) is 59.9 Å². The monoisotopic (exact) mass is 485 g/mol. The van der Waals surface area contributed by atoms with Gasteiger partial charge in [-0.2, -0.15) is 5.10 Å². The number of fused-ring (bicyclic) bond motifs is 2. The van der Waals surface area contributed by atoms with Crippen LogP contribution in [-0.4, -0.2) is 40.3 Å². The molecule has 2 aromatic heterocycles. The third-order valence-corrected chi connectivity index (χ3v) is 7.98. The van der Waals surface area contributed by atoms with Crippen LogP contribution in [0.15, 0.2) is 59.4 Å². The first-order chi connectivity index (χ1) is 17.2. The number of nitrogens with zero attached hydrogens (tertiary/aromatic N) is 5. The van der Waals surface area contributed by atoms with Crippen LogP contribution >= 0.6 is 11.3 Å². The van der Waals surface area contributed by atoms with Gasteiger partial charge in [0.2, 0.25) is 5.91 Å².